The maximum atomic E-state index is 5.75. The third kappa shape index (κ3) is 2.60. The van der Waals surface area contributed by atoms with Gasteiger partial charge in [0.15, 0.2) is 5.75 Å². The Balaban J connectivity index is 2.03. The number of benzene rings is 2. The van der Waals surface area contributed by atoms with Crippen molar-refractivity contribution in [3.63, 3.8) is 0 Å². The van der Waals surface area contributed by atoms with Gasteiger partial charge in [-0.3, -0.25) is 0 Å². The molecule has 0 unspecified atom stereocenters. The zero-order valence-electron chi connectivity index (χ0n) is 8.71. The van der Waals surface area contributed by atoms with Crippen LogP contribution < -0.4 is 10.6 Å². The summed E-state index contributed by atoms with van der Waals surface area (Å²) in [7, 11) is 0. The number of nitrogens with zero attached hydrogens (tertiary/aromatic N) is 1. The van der Waals surface area contributed by atoms with Gasteiger partial charge in [0.25, 0.3) is 0 Å². The number of nitrogens with two attached hydrogens (primary N) is 1. The summed E-state index contributed by atoms with van der Waals surface area (Å²) in [5.74, 6) is 0.702. The zero-order chi connectivity index (χ0) is 11.2. The number of anilines is 1. The lowest BCUT2D eigenvalue weighted by Crippen LogP contribution is -1.93. The zero-order valence-corrected chi connectivity index (χ0v) is 8.71. The predicted molar refractivity (Wildman–Crippen MR) is 65.5 cm³/mol. The molecule has 3 nitrogen and oxygen atoms in total. The Morgan fingerprint density at radius 3 is 2.38 bits per heavy atom. The van der Waals surface area contributed by atoms with Crippen LogP contribution in [0.25, 0.3) is 0 Å². The second-order valence-corrected chi connectivity index (χ2v) is 3.27. The minimum absolute atomic E-state index is 0.683. The first-order chi connectivity index (χ1) is 7.86. The average Bonchev–Trinajstić information content (AvgIpc) is 2.33. The molecule has 2 aromatic rings. The third-order valence-corrected chi connectivity index (χ3v) is 2.09. The van der Waals surface area contributed by atoms with Crippen LogP contribution in [0.1, 0.15) is 5.56 Å². The van der Waals surface area contributed by atoms with Crippen LogP contribution in [0, 0.1) is 0 Å². The highest BCUT2D eigenvalue weighted by Crippen LogP contribution is 2.10. The van der Waals surface area contributed by atoms with Gasteiger partial charge in [0.05, 0.1) is 6.21 Å². The van der Waals surface area contributed by atoms with E-state index < -0.39 is 0 Å². The topological polar surface area (TPSA) is 47.6 Å². The van der Waals surface area contributed by atoms with Crippen molar-refractivity contribution in [2.75, 3.05) is 5.73 Å². The van der Waals surface area contributed by atoms with Crippen LogP contribution in [-0.2, 0) is 0 Å². The molecule has 2 aromatic carbocycles. The van der Waals surface area contributed by atoms with E-state index in [1.807, 2.05) is 54.6 Å². The molecule has 0 saturated heterocycles. The van der Waals surface area contributed by atoms with Crippen LogP contribution in [0.3, 0.4) is 0 Å². The van der Waals surface area contributed by atoms with Gasteiger partial charge in [-0.05, 0) is 18.2 Å². The number of para-hydroxylation sites is 2. The molecule has 3 heteroatoms. The molecule has 0 radical (unpaired) electrons. The molecular weight excluding hydrogens is 200 g/mol. The molecular formula is C13H12N2O. The molecule has 0 aromatic heterocycles. The van der Waals surface area contributed by atoms with Crippen LogP contribution in [0.4, 0.5) is 5.69 Å². The Kier molecular flexibility index (Phi) is 3.18. The van der Waals surface area contributed by atoms with Gasteiger partial charge >= 0.3 is 0 Å². The number of hydrogen-bond donors (Lipinski definition) is 1. The summed E-state index contributed by atoms with van der Waals surface area (Å²) < 4.78 is 0. The molecule has 0 fully saturated rings. The molecule has 0 bridgehead atoms. The molecule has 2 N–H and O–H groups in total. The van der Waals surface area contributed by atoms with E-state index in [4.69, 9.17) is 10.6 Å². The van der Waals surface area contributed by atoms with E-state index in [0.29, 0.717) is 11.4 Å². The Bertz CT molecular complexity index is 480. The fourth-order valence-corrected chi connectivity index (χ4v) is 1.25. The smallest absolute Gasteiger partial charge is 0.157 e. The fourth-order valence-electron chi connectivity index (χ4n) is 1.25. The van der Waals surface area contributed by atoms with Crippen LogP contribution >= 0.6 is 0 Å². The van der Waals surface area contributed by atoms with Gasteiger partial charge in [-0.2, -0.15) is 0 Å². The quantitative estimate of drug-likeness (QED) is 0.483. The molecule has 0 saturated carbocycles. The van der Waals surface area contributed by atoms with E-state index in [-0.39, 0.29) is 0 Å². The van der Waals surface area contributed by atoms with Crippen molar-refractivity contribution >= 4 is 11.9 Å². The lowest BCUT2D eigenvalue weighted by atomic mass is 10.2. The first kappa shape index (κ1) is 10.2. The minimum atomic E-state index is 0.683. The Labute approximate surface area is 94.2 Å². The van der Waals surface area contributed by atoms with Crippen LogP contribution in [-0.4, -0.2) is 6.21 Å². The molecule has 80 valence electrons. The van der Waals surface area contributed by atoms with Gasteiger partial charge in [0, 0.05) is 11.3 Å². The SMILES string of the molecule is Nc1ccccc1C=NOc1ccccc1. The van der Waals surface area contributed by atoms with Crippen LogP contribution in [0.2, 0.25) is 0 Å². The first-order valence-corrected chi connectivity index (χ1v) is 4.96. The molecule has 0 aliphatic rings. The molecule has 2 rings (SSSR count). The molecule has 0 atom stereocenters. The van der Waals surface area contributed by atoms with Gasteiger partial charge in [0.1, 0.15) is 0 Å². The summed E-state index contributed by atoms with van der Waals surface area (Å²) in [5.41, 5.74) is 7.28. The monoisotopic (exact) mass is 212 g/mol. The van der Waals surface area contributed by atoms with Crippen molar-refractivity contribution in [1.29, 1.82) is 0 Å². The lowest BCUT2D eigenvalue weighted by Gasteiger charge is -1.99. The standard InChI is InChI=1S/C13H12N2O/c14-13-9-5-4-6-11(13)10-15-16-12-7-2-1-3-8-12/h1-10H,14H2. The molecule has 16 heavy (non-hydrogen) atoms. The maximum Gasteiger partial charge on any atom is 0.157 e. The minimum Gasteiger partial charge on any atom is -0.398 e. The van der Waals surface area contributed by atoms with Gasteiger partial charge < -0.3 is 10.6 Å². The van der Waals surface area contributed by atoms with Crippen LogP contribution in [0.5, 0.6) is 5.75 Å². The Hall–Kier alpha value is -2.29. The summed E-state index contributed by atoms with van der Waals surface area (Å²) in [5, 5.41) is 3.87. The highest BCUT2D eigenvalue weighted by atomic mass is 16.6. The molecule has 0 amide bonds. The van der Waals surface area contributed by atoms with Crippen molar-refractivity contribution in [2.24, 2.45) is 5.16 Å². The van der Waals surface area contributed by atoms with Gasteiger partial charge in [-0.1, -0.05) is 41.6 Å². The number of rotatable bonds is 3. The first-order valence-electron chi connectivity index (χ1n) is 4.96. The van der Waals surface area contributed by atoms with Crippen molar-refractivity contribution < 1.29 is 4.84 Å². The van der Waals surface area contributed by atoms with Gasteiger partial charge in [-0.25, -0.2) is 0 Å². The summed E-state index contributed by atoms with van der Waals surface area (Å²) >= 11 is 0. The second kappa shape index (κ2) is 4.98. The van der Waals surface area contributed by atoms with E-state index in [0.717, 1.165) is 5.56 Å². The van der Waals surface area contributed by atoms with Crippen molar-refractivity contribution in [3.8, 4) is 5.75 Å². The van der Waals surface area contributed by atoms with Crippen LogP contribution in [0.15, 0.2) is 59.8 Å². The summed E-state index contributed by atoms with van der Waals surface area (Å²) in [6.07, 6.45) is 1.60. The number of oxime groups is 1. The second-order valence-electron chi connectivity index (χ2n) is 3.27. The van der Waals surface area contributed by atoms with E-state index in [9.17, 15) is 0 Å². The third-order valence-electron chi connectivity index (χ3n) is 2.09. The van der Waals surface area contributed by atoms with Crippen molar-refractivity contribution in [2.45, 2.75) is 0 Å². The van der Waals surface area contributed by atoms with E-state index in [1.54, 1.807) is 6.21 Å². The van der Waals surface area contributed by atoms with E-state index in [1.165, 1.54) is 0 Å². The number of hydrogen-bond acceptors (Lipinski definition) is 3. The normalized spacial score (nSPS) is 10.5. The molecule has 0 spiro atoms. The molecule has 0 aliphatic carbocycles. The lowest BCUT2D eigenvalue weighted by molar-refractivity contribution is 0.344. The fraction of sp³-hybridized carbons (Fsp3) is 0. The van der Waals surface area contributed by atoms with Crippen molar-refractivity contribution in [3.05, 3.63) is 60.2 Å². The Morgan fingerprint density at radius 2 is 1.62 bits per heavy atom. The van der Waals surface area contributed by atoms with E-state index in [2.05, 4.69) is 5.16 Å². The highest BCUT2D eigenvalue weighted by molar-refractivity contribution is 5.86. The molecule has 0 aliphatic heterocycles. The largest absolute Gasteiger partial charge is 0.398 e. The highest BCUT2D eigenvalue weighted by Gasteiger charge is 1.93. The summed E-state index contributed by atoms with van der Waals surface area (Å²) in [6.45, 7) is 0. The molecule has 0 heterocycles. The van der Waals surface area contributed by atoms with E-state index >= 15 is 0 Å². The van der Waals surface area contributed by atoms with Crippen molar-refractivity contribution in [1.82, 2.24) is 0 Å². The predicted octanol–water partition coefficient (Wildman–Crippen LogP) is 2.68. The van der Waals surface area contributed by atoms with Gasteiger partial charge in [0.2, 0.25) is 0 Å². The summed E-state index contributed by atoms with van der Waals surface area (Å²) in [6, 6.07) is 16.9. The van der Waals surface area contributed by atoms with Gasteiger partial charge in [-0.15, -0.1) is 0 Å². The summed E-state index contributed by atoms with van der Waals surface area (Å²) in [4.78, 5) is 5.18. The Morgan fingerprint density at radius 1 is 0.938 bits per heavy atom. The average molecular weight is 212 g/mol. The maximum absolute atomic E-state index is 5.75. The number of nitrogen functional groups attached to an aromatic ring is 1.